The van der Waals surface area contributed by atoms with Gasteiger partial charge in [0.25, 0.3) is 5.91 Å². The Morgan fingerprint density at radius 3 is 2.52 bits per heavy atom. The predicted octanol–water partition coefficient (Wildman–Crippen LogP) is 5.30. The first kappa shape index (κ1) is 30.2. The molecule has 9 nitrogen and oxygen atoms in total. The number of carbonyl (C=O) groups is 3. The van der Waals surface area contributed by atoms with Gasteiger partial charge in [-0.1, -0.05) is 30.7 Å². The number of hydrogen-bond acceptors (Lipinski definition) is 6. The molecule has 7 rings (SSSR count). The molecule has 46 heavy (non-hydrogen) atoms. The van der Waals surface area contributed by atoms with Crippen molar-refractivity contribution in [2.45, 2.75) is 57.7 Å². The molecule has 238 valence electrons. The number of rotatable bonds is 6. The third-order valence-electron chi connectivity index (χ3n) is 8.81. The summed E-state index contributed by atoms with van der Waals surface area (Å²) in [5.74, 6) is -0.649. The molecule has 6 heterocycles. The van der Waals surface area contributed by atoms with Crippen molar-refractivity contribution in [2.75, 3.05) is 18.0 Å². The molecule has 2 saturated heterocycles. The zero-order valence-electron chi connectivity index (χ0n) is 24.5. The Labute approximate surface area is 265 Å². The monoisotopic (exact) mass is 654 g/mol. The summed E-state index contributed by atoms with van der Waals surface area (Å²) in [6.07, 6.45) is -3.85. The van der Waals surface area contributed by atoms with E-state index >= 15 is 0 Å². The van der Waals surface area contributed by atoms with E-state index in [-0.39, 0.29) is 55.0 Å². The summed E-state index contributed by atoms with van der Waals surface area (Å²) in [6.45, 7) is 2.82. The van der Waals surface area contributed by atoms with Crippen LogP contribution in [-0.4, -0.2) is 62.5 Å². The van der Waals surface area contributed by atoms with Crippen LogP contribution in [0.3, 0.4) is 0 Å². The van der Waals surface area contributed by atoms with Crippen molar-refractivity contribution >= 4 is 46.2 Å². The standard InChI is InChI=1S/C32H27ClF4N6O3/c1-2-20-9-23-22(28-24(33)8-18(11-38-28)32(35,36)37)10-26(41-14-19(34)15-41)39-29(23)42(20)12-16-3-4-21-17(7-16)13-43(31(21)46)25-5-6-27(44)40-30(25)45/h3-4,7-11,19,25H,2,5-6,12-15H2,1H3,(H,40,44,45). The average Bonchev–Trinajstić information content (AvgIpc) is 3.51. The molecule has 1 N–H and O–H groups in total. The van der Waals surface area contributed by atoms with Gasteiger partial charge in [0.2, 0.25) is 11.8 Å². The number of anilines is 1. The van der Waals surface area contributed by atoms with Crippen LogP contribution in [0.25, 0.3) is 22.3 Å². The summed E-state index contributed by atoms with van der Waals surface area (Å²) in [4.78, 5) is 49.5. The van der Waals surface area contributed by atoms with E-state index in [1.807, 2.05) is 29.7 Å². The molecule has 1 aromatic carbocycles. The molecule has 0 radical (unpaired) electrons. The number of aryl methyl sites for hydroxylation is 1. The number of nitrogens with one attached hydrogen (secondary N) is 1. The molecule has 1 unspecified atom stereocenters. The maximum absolute atomic E-state index is 13.9. The number of fused-ring (bicyclic) bond motifs is 2. The second-order valence-electron chi connectivity index (χ2n) is 11.8. The van der Waals surface area contributed by atoms with E-state index < -0.39 is 29.9 Å². The zero-order valence-corrected chi connectivity index (χ0v) is 25.3. The normalized spacial score (nSPS) is 18.7. The number of pyridine rings is 2. The van der Waals surface area contributed by atoms with Crippen LogP contribution >= 0.6 is 11.6 Å². The maximum atomic E-state index is 13.9. The Morgan fingerprint density at radius 1 is 1.07 bits per heavy atom. The van der Waals surface area contributed by atoms with Crippen LogP contribution in [0.4, 0.5) is 23.4 Å². The van der Waals surface area contributed by atoms with Crippen molar-refractivity contribution in [3.05, 3.63) is 75.6 Å². The van der Waals surface area contributed by atoms with Gasteiger partial charge in [-0.2, -0.15) is 13.2 Å². The van der Waals surface area contributed by atoms with Crippen LogP contribution in [0, 0.1) is 0 Å². The second kappa shape index (κ2) is 11.1. The van der Waals surface area contributed by atoms with Crippen molar-refractivity contribution in [1.29, 1.82) is 0 Å². The molecule has 1 atom stereocenters. The van der Waals surface area contributed by atoms with Gasteiger partial charge in [0, 0.05) is 47.9 Å². The maximum Gasteiger partial charge on any atom is 0.417 e. The number of benzene rings is 1. The van der Waals surface area contributed by atoms with Gasteiger partial charge in [0.1, 0.15) is 23.7 Å². The van der Waals surface area contributed by atoms with E-state index in [0.29, 0.717) is 40.9 Å². The highest BCUT2D eigenvalue weighted by Crippen LogP contribution is 2.40. The number of piperidine rings is 1. The van der Waals surface area contributed by atoms with Gasteiger partial charge in [-0.3, -0.25) is 24.7 Å². The van der Waals surface area contributed by atoms with E-state index in [1.165, 1.54) is 4.90 Å². The average molecular weight is 655 g/mol. The lowest BCUT2D eigenvalue weighted by molar-refractivity contribution is -0.138. The predicted molar refractivity (Wildman–Crippen MR) is 161 cm³/mol. The van der Waals surface area contributed by atoms with Crippen molar-refractivity contribution < 1.29 is 31.9 Å². The number of aromatic nitrogens is 3. The first-order valence-electron chi connectivity index (χ1n) is 14.8. The fourth-order valence-electron chi connectivity index (χ4n) is 6.40. The smallest absolute Gasteiger partial charge is 0.351 e. The summed E-state index contributed by atoms with van der Waals surface area (Å²) in [7, 11) is 0. The lowest BCUT2D eigenvalue weighted by atomic mass is 10.0. The summed E-state index contributed by atoms with van der Waals surface area (Å²) in [5, 5.41) is 2.77. The largest absolute Gasteiger partial charge is 0.417 e. The number of alkyl halides is 4. The molecule has 2 fully saturated rings. The molecule has 3 aliphatic heterocycles. The Bertz CT molecular complexity index is 1940. The molecule has 0 spiro atoms. The lowest BCUT2D eigenvalue weighted by Crippen LogP contribution is -2.52. The van der Waals surface area contributed by atoms with E-state index in [9.17, 15) is 31.9 Å². The molecule has 0 bridgehead atoms. The molecule has 0 aliphatic carbocycles. The van der Waals surface area contributed by atoms with Crippen LogP contribution in [0.2, 0.25) is 5.02 Å². The van der Waals surface area contributed by atoms with Crippen molar-refractivity contribution in [2.24, 2.45) is 0 Å². The number of carbonyl (C=O) groups excluding carboxylic acids is 3. The second-order valence-corrected chi connectivity index (χ2v) is 12.2. The van der Waals surface area contributed by atoms with Gasteiger partial charge < -0.3 is 14.4 Å². The number of amides is 3. The van der Waals surface area contributed by atoms with E-state index in [1.54, 1.807) is 17.0 Å². The highest BCUT2D eigenvalue weighted by molar-refractivity contribution is 6.33. The minimum Gasteiger partial charge on any atom is -0.351 e. The van der Waals surface area contributed by atoms with Crippen LogP contribution in [0.1, 0.15) is 52.5 Å². The van der Waals surface area contributed by atoms with Crippen LogP contribution in [0.15, 0.2) is 42.6 Å². The van der Waals surface area contributed by atoms with Crippen molar-refractivity contribution in [1.82, 2.24) is 24.8 Å². The minimum absolute atomic E-state index is 0.135. The number of imide groups is 1. The lowest BCUT2D eigenvalue weighted by Gasteiger charge is -2.35. The molecule has 3 aromatic heterocycles. The van der Waals surface area contributed by atoms with Crippen LogP contribution in [0.5, 0.6) is 0 Å². The van der Waals surface area contributed by atoms with E-state index in [4.69, 9.17) is 16.6 Å². The van der Waals surface area contributed by atoms with Crippen molar-refractivity contribution in [3.63, 3.8) is 0 Å². The molecular formula is C32H27ClF4N6O3. The molecular weight excluding hydrogens is 628 g/mol. The van der Waals surface area contributed by atoms with Gasteiger partial charge in [-0.05, 0) is 48.2 Å². The molecule has 3 amide bonds. The van der Waals surface area contributed by atoms with Crippen LogP contribution in [-0.2, 0) is 35.3 Å². The minimum atomic E-state index is -4.61. The summed E-state index contributed by atoms with van der Waals surface area (Å²) in [5.41, 5.74) is 3.20. The Morgan fingerprint density at radius 2 is 1.85 bits per heavy atom. The molecule has 3 aliphatic rings. The molecule has 4 aromatic rings. The molecule has 0 saturated carbocycles. The first-order chi connectivity index (χ1) is 21.9. The highest BCUT2D eigenvalue weighted by Gasteiger charge is 2.39. The fraction of sp³-hybridized carbons (Fsp3) is 0.344. The Kier molecular flexibility index (Phi) is 7.26. The van der Waals surface area contributed by atoms with Crippen molar-refractivity contribution in [3.8, 4) is 11.3 Å². The number of hydrogen-bond donors (Lipinski definition) is 1. The van der Waals surface area contributed by atoms with Gasteiger partial charge in [-0.15, -0.1) is 0 Å². The Balaban J connectivity index is 1.27. The third kappa shape index (κ3) is 5.16. The number of nitrogens with zero attached hydrogens (tertiary/aromatic N) is 5. The zero-order chi connectivity index (χ0) is 32.5. The van der Waals surface area contributed by atoms with Gasteiger partial charge in [-0.25, -0.2) is 9.37 Å². The van der Waals surface area contributed by atoms with E-state index in [0.717, 1.165) is 29.1 Å². The SMILES string of the molecule is CCc1cc2c(-c3ncc(C(F)(F)F)cc3Cl)cc(N3CC(F)C3)nc2n1Cc1ccc2c(c1)CN(C1CCC(=O)NC1=O)C2=O. The van der Waals surface area contributed by atoms with E-state index in [2.05, 4.69) is 10.3 Å². The van der Waals surface area contributed by atoms with Gasteiger partial charge in [0.15, 0.2) is 0 Å². The quantitative estimate of drug-likeness (QED) is 0.224. The van der Waals surface area contributed by atoms with Crippen LogP contribution < -0.4 is 10.2 Å². The molecule has 14 heteroatoms. The summed E-state index contributed by atoms with van der Waals surface area (Å²) >= 11 is 6.40. The fourth-order valence-corrected chi connectivity index (χ4v) is 6.66. The summed E-state index contributed by atoms with van der Waals surface area (Å²) < 4.78 is 56.0. The Hall–Kier alpha value is -4.52. The van der Waals surface area contributed by atoms with Gasteiger partial charge >= 0.3 is 6.18 Å². The summed E-state index contributed by atoms with van der Waals surface area (Å²) in [6, 6.07) is 9.19. The number of halogens is 5. The first-order valence-corrected chi connectivity index (χ1v) is 15.2. The highest BCUT2D eigenvalue weighted by atomic mass is 35.5. The van der Waals surface area contributed by atoms with Gasteiger partial charge in [0.05, 0.1) is 29.4 Å². The topological polar surface area (TPSA) is 100 Å². The third-order valence-corrected chi connectivity index (χ3v) is 9.10.